The molecule has 0 heterocycles. The van der Waals surface area contributed by atoms with E-state index in [1.807, 2.05) is 48.5 Å². The van der Waals surface area contributed by atoms with Crippen molar-refractivity contribution in [3.05, 3.63) is 59.7 Å². The van der Waals surface area contributed by atoms with Crippen molar-refractivity contribution >= 4 is 12.1 Å². The number of hydrogen-bond acceptors (Lipinski definition) is 3. The van der Waals surface area contributed by atoms with Crippen LogP contribution in [0.4, 0.5) is 9.18 Å². The minimum absolute atomic E-state index is 0.0746. The van der Waals surface area contributed by atoms with Gasteiger partial charge in [0.1, 0.15) is 12.1 Å². The highest BCUT2D eigenvalue weighted by Gasteiger charge is 2.36. The molecule has 1 aliphatic carbocycles. The minimum Gasteiger partial charge on any atom is -0.480 e. The van der Waals surface area contributed by atoms with E-state index in [0.717, 1.165) is 22.3 Å². The molecule has 0 aliphatic heterocycles. The highest BCUT2D eigenvalue weighted by Crippen LogP contribution is 2.44. The summed E-state index contributed by atoms with van der Waals surface area (Å²) in [5, 5.41) is 11.5. The van der Waals surface area contributed by atoms with Crippen LogP contribution in [0.3, 0.4) is 0 Å². The summed E-state index contributed by atoms with van der Waals surface area (Å²) in [6.07, 6.45) is -1.20. The number of carbonyl (C=O) groups is 2. The van der Waals surface area contributed by atoms with Gasteiger partial charge in [0.25, 0.3) is 0 Å². The van der Waals surface area contributed by atoms with E-state index in [4.69, 9.17) is 4.74 Å². The van der Waals surface area contributed by atoms with Crippen molar-refractivity contribution in [3.8, 4) is 11.1 Å². The van der Waals surface area contributed by atoms with Crippen molar-refractivity contribution in [2.24, 2.45) is 0 Å². The average Bonchev–Trinajstić information content (AvgIpc) is 2.94. The van der Waals surface area contributed by atoms with E-state index in [9.17, 15) is 19.1 Å². The molecule has 3 rings (SSSR count). The Morgan fingerprint density at radius 3 is 2.15 bits per heavy atom. The molecule has 2 aromatic carbocycles. The molecule has 5 nitrogen and oxygen atoms in total. The van der Waals surface area contributed by atoms with Gasteiger partial charge in [-0.05, 0) is 29.2 Å². The molecule has 1 amide bonds. The van der Waals surface area contributed by atoms with Crippen LogP contribution in [0.1, 0.15) is 30.4 Å². The Morgan fingerprint density at radius 1 is 1.12 bits per heavy atom. The Hall–Kier alpha value is -2.89. The zero-order valence-corrected chi connectivity index (χ0v) is 14.4. The smallest absolute Gasteiger partial charge is 0.408 e. The number of alkyl halides is 1. The molecule has 1 unspecified atom stereocenters. The first-order valence-corrected chi connectivity index (χ1v) is 8.39. The number of benzene rings is 2. The Bertz CT molecular complexity index is 793. The monoisotopic (exact) mass is 357 g/mol. The Labute approximate surface area is 150 Å². The standard InChI is InChI=1S/C20H20FNO4/c1-20(10-11-21,18(23)24)22-19(25)26-12-17-15-8-4-2-6-13(15)14-7-3-5-9-16(14)17/h2-9,17H,10-12H2,1H3,(H,22,25)(H,23,24). The maximum absolute atomic E-state index is 12.6. The molecule has 0 radical (unpaired) electrons. The molecule has 136 valence electrons. The van der Waals surface area contributed by atoms with E-state index in [0.29, 0.717) is 0 Å². The normalized spacial score (nSPS) is 14.8. The van der Waals surface area contributed by atoms with Gasteiger partial charge < -0.3 is 15.2 Å². The molecule has 0 saturated heterocycles. The van der Waals surface area contributed by atoms with Crippen LogP contribution in [0, 0.1) is 0 Å². The van der Waals surface area contributed by atoms with Gasteiger partial charge in [0, 0.05) is 12.3 Å². The molecule has 0 fully saturated rings. The summed E-state index contributed by atoms with van der Waals surface area (Å²) in [6.45, 7) is 0.480. The number of alkyl carbamates (subject to hydrolysis) is 1. The lowest BCUT2D eigenvalue weighted by atomic mass is 9.98. The van der Waals surface area contributed by atoms with Gasteiger partial charge in [-0.25, -0.2) is 9.59 Å². The lowest BCUT2D eigenvalue weighted by Gasteiger charge is -2.25. The third-order valence-electron chi connectivity index (χ3n) is 4.79. The molecule has 0 aromatic heterocycles. The van der Waals surface area contributed by atoms with Gasteiger partial charge in [0.15, 0.2) is 0 Å². The third kappa shape index (κ3) is 3.27. The molecule has 1 aliphatic rings. The van der Waals surface area contributed by atoms with Gasteiger partial charge in [0.2, 0.25) is 0 Å². The van der Waals surface area contributed by atoms with Crippen LogP contribution in [-0.4, -0.2) is 36.0 Å². The number of carboxylic acid groups (broad SMARTS) is 1. The number of carboxylic acids is 1. The van der Waals surface area contributed by atoms with Gasteiger partial charge in [-0.3, -0.25) is 4.39 Å². The number of amides is 1. The summed E-state index contributed by atoms with van der Waals surface area (Å²) < 4.78 is 17.9. The predicted octanol–water partition coefficient (Wildman–Crippen LogP) is 3.73. The largest absolute Gasteiger partial charge is 0.480 e. The third-order valence-corrected chi connectivity index (χ3v) is 4.79. The van der Waals surface area contributed by atoms with E-state index in [-0.39, 0.29) is 18.9 Å². The fourth-order valence-electron chi connectivity index (χ4n) is 3.27. The van der Waals surface area contributed by atoms with Gasteiger partial charge in [0.05, 0.1) is 6.67 Å². The zero-order chi connectivity index (χ0) is 18.7. The van der Waals surface area contributed by atoms with E-state index in [2.05, 4.69) is 5.32 Å². The molecule has 1 atom stereocenters. The number of rotatable bonds is 6. The van der Waals surface area contributed by atoms with Crippen LogP contribution in [0.5, 0.6) is 0 Å². The summed E-state index contributed by atoms with van der Waals surface area (Å²) in [6, 6.07) is 15.8. The van der Waals surface area contributed by atoms with Gasteiger partial charge in [-0.1, -0.05) is 48.5 Å². The van der Waals surface area contributed by atoms with Gasteiger partial charge in [-0.2, -0.15) is 0 Å². The van der Waals surface area contributed by atoms with E-state index in [1.54, 1.807) is 0 Å². The number of carbonyl (C=O) groups excluding carboxylic acids is 1. The minimum atomic E-state index is -1.70. The summed E-state index contributed by atoms with van der Waals surface area (Å²) in [4.78, 5) is 23.4. The van der Waals surface area contributed by atoms with Crippen LogP contribution >= 0.6 is 0 Å². The molecule has 2 aromatic rings. The van der Waals surface area contributed by atoms with E-state index < -0.39 is 24.3 Å². The van der Waals surface area contributed by atoms with Gasteiger partial charge >= 0.3 is 12.1 Å². The SMILES string of the molecule is CC(CCF)(NC(=O)OCC1c2ccccc2-c2ccccc21)C(=O)O. The Kier molecular flexibility index (Phi) is 4.93. The van der Waals surface area contributed by atoms with Crippen LogP contribution in [0.15, 0.2) is 48.5 Å². The molecular weight excluding hydrogens is 337 g/mol. The van der Waals surface area contributed by atoms with Crippen LogP contribution in [-0.2, 0) is 9.53 Å². The Balaban J connectivity index is 1.74. The number of nitrogens with one attached hydrogen (secondary N) is 1. The lowest BCUT2D eigenvalue weighted by Crippen LogP contribution is -2.52. The van der Waals surface area contributed by atoms with Crippen LogP contribution < -0.4 is 5.32 Å². The van der Waals surface area contributed by atoms with Crippen LogP contribution in [0.25, 0.3) is 11.1 Å². The molecule has 2 N–H and O–H groups in total. The van der Waals surface area contributed by atoms with Crippen molar-refractivity contribution in [1.29, 1.82) is 0 Å². The van der Waals surface area contributed by atoms with E-state index in [1.165, 1.54) is 6.92 Å². The van der Waals surface area contributed by atoms with Crippen LogP contribution in [0.2, 0.25) is 0 Å². The summed E-state index contributed by atoms with van der Waals surface area (Å²) in [5.41, 5.74) is 2.63. The summed E-state index contributed by atoms with van der Waals surface area (Å²) in [5.74, 6) is -1.42. The highest BCUT2D eigenvalue weighted by atomic mass is 19.1. The summed E-state index contributed by atoms with van der Waals surface area (Å²) >= 11 is 0. The van der Waals surface area contributed by atoms with Crippen molar-refractivity contribution in [1.82, 2.24) is 5.32 Å². The average molecular weight is 357 g/mol. The molecular formula is C20H20FNO4. The second-order valence-electron chi connectivity index (χ2n) is 6.53. The first-order chi connectivity index (χ1) is 12.5. The van der Waals surface area contributed by atoms with Crippen molar-refractivity contribution < 1.29 is 23.8 Å². The van der Waals surface area contributed by atoms with Crippen molar-refractivity contribution in [3.63, 3.8) is 0 Å². The van der Waals surface area contributed by atoms with Crippen molar-refractivity contribution in [2.45, 2.75) is 24.8 Å². The Morgan fingerprint density at radius 2 is 1.65 bits per heavy atom. The molecule has 0 bridgehead atoms. The maximum atomic E-state index is 12.6. The summed E-state index contributed by atoms with van der Waals surface area (Å²) in [7, 11) is 0. The molecule has 26 heavy (non-hydrogen) atoms. The second kappa shape index (κ2) is 7.15. The fourth-order valence-corrected chi connectivity index (χ4v) is 3.27. The first-order valence-electron chi connectivity index (χ1n) is 8.39. The predicted molar refractivity (Wildman–Crippen MR) is 94.8 cm³/mol. The topological polar surface area (TPSA) is 75.6 Å². The maximum Gasteiger partial charge on any atom is 0.408 e. The molecule has 0 saturated carbocycles. The lowest BCUT2D eigenvalue weighted by molar-refractivity contribution is -0.144. The highest BCUT2D eigenvalue weighted by molar-refractivity contribution is 5.84. The number of halogens is 1. The van der Waals surface area contributed by atoms with Gasteiger partial charge in [-0.15, -0.1) is 0 Å². The number of fused-ring (bicyclic) bond motifs is 3. The number of aliphatic carboxylic acids is 1. The first kappa shape index (κ1) is 17.9. The molecule has 6 heteroatoms. The van der Waals surface area contributed by atoms with Crippen molar-refractivity contribution in [2.75, 3.05) is 13.3 Å². The number of ether oxygens (including phenoxy) is 1. The number of hydrogen-bond donors (Lipinski definition) is 2. The van der Waals surface area contributed by atoms with E-state index >= 15 is 0 Å². The zero-order valence-electron chi connectivity index (χ0n) is 14.4. The fraction of sp³-hybridized carbons (Fsp3) is 0.300. The second-order valence-corrected chi connectivity index (χ2v) is 6.53. The quantitative estimate of drug-likeness (QED) is 0.826. The molecule has 0 spiro atoms.